The molecule has 23 heavy (non-hydrogen) atoms. The Kier molecular flexibility index (Phi) is 11.0. The van der Waals surface area contributed by atoms with Gasteiger partial charge in [-0.25, -0.2) is 0 Å². The molecule has 0 saturated carbocycles. The summed E-state index contributed by atoms with van der Waals surface area (Å²) in [5.41, 5.74) is 5.60. The lowest BCUT2D eigenvalue weighted by molar-refractivity contribution is 0.0924. The van der Waals surface area contributed by atoms with Crippen LogP contribution in [0.5, 0.6) is 0 Å². The van der Waals surface area contributed by atoms with E-state index in [4.69, 9.17) is 5.73 Å². The number of hydrogen-bond acceptors (Lipinski definition) is 6. The monoisotopic (exact) mass is 329 g/mol. The summed E-state index contributed by atoms with van der Waals surface area (Å²) in [6, 6.07) is 0. The highest BCUT2D eigenvalue weighted by atomic mass is 16.3. The number of rotatable bonds is 6. The van der Waals surface area contributed by atoms with E-state index < -0.39 is 6.10 Å². The van der Waals surface area contributed by atoms with Crippen LogP contribution in [-0.2, 0) is 0 Å². The Bertz CT molecular complexity index is 272. The molecule has 0 aromatic rings. The van der Waals surface area contributed by atoms with Crippen molar-refractivity contribution in [2.45, 2.75) is 26.9 Å². The van der Waals surface area contributed by atoms with E-state index in [-0.39, 0.29) is 0 Å². The van der Waals surface area contributed by atoms with Crippen molar-refractivity contribution in [2.75, 3.05) is 85.1 Å². The van der Waals surface area contributed by atoms with Crippen LogP contribution in [0.2, 0.25) is 0 Å². The zero-order chi connectivity index (χ0) is 17.1. The molecule has 0 aromatic heterocycles. The maximum Gasteiger partial charge on any atom is 0.0789 e. The molecule has 1 heterocycles. The van der Waals surface area contributed by atoms with E-state index in [1.54, 1.807) is 0 Å². The topological polar surface area (TPSA) is 59.2 Å². The third kappa shape index (κ3) is 8.42. The van der Waals surface area contributed by atoms with Gasteiger partial charge in [0, 0.05) is 65.4 Å². The summed E-state index contributed by atoms with van der Waals surface area (Å²) in [4.78, 5) is 9.97. The molecule has 0 bridgehead atoms. The van der Waals surface area contributed by atoms with Crippen molar-refractivity contribution >= 4 is 0 Å². The van der Waals surface area contributed by atoms with Gasteiger partial charge in [-0.15, -0.1) is 0 Å². The van der Waals surface area contributed by atoms with E-state index in [2.05, 4.69) is 40.4 Å². The third-order valence-electron chi connectivity index (χ3n) is 5.01. The van der Waals surface area contributed by atoms with Crippen LogP contribution >= 0.6 is 0 Å². The quantitative estimate of drug-likeness (QED) is 0.691. The van der Waals surface area contributed by atoms with Crippen molar-refractivity contribution in [3.05, 3.63) is 0 Å². The van der Waals surface area contributed by atoms with Gasteiger partial charge in [-0.05, 0) is 19.6 Å². The Morgan fingerprint density at radius 3 is 1.26 bits per heavy atom. The fourth-order valence-electron chi connectivity index (χ4n) is 3.08. The van der Waals surface area contributed by atoms with Crippen molar-refractivity contribution in [1.29, 1.82) is 0 Å². The summed E-state index contributed by atoms with van der Waals surface area (Å²) in [6.07, 6.45) is -0.413. The van der Waals surface area contributed by atoms with Gasteiger partial charge < -0.3 is 25.5 Å². The molecular weight excluding hydrogens is 290 g/mol. The smallest absolute Gasteiger partial charge is 0.0789 e. The number of nitrogens with zero attached hydrogens (tertiary/aromatic N) is 4. The fourth-order valence-corrected chi connectivity index (χ4v) is 3.08. The summed E-state index contributed by atoms with van der Waals surface area (Å²) in [5, 5.41) is 9.91. The average Bonchev–Trinajstić information content (AvgIpc) is 2.57. The van der Waals surface area contributed by atoms with E-state index in [1.807, 2.05) is 0 Å². The van der Waals surface area contributed by atoms with Crippen molar-refractivity contribution in [3.63, 3.8) is 0 Å². The maximum atomic E-state index is 9.91. The number of β-amino-alcohol motifs (C(OH)–C–C–N with tert-alkyl or cyclic N) is 1. The zero-order valence-corrected chi connectivity index (χ0v) is 15.6. The summed E-state index contributed by atoms with van der Waals surface area (Å²) < 4.78 is 0. The standard InChI is InChI=1S/C17H39N5O/c1-4-19-7-9-20(5-2)11-13-22(16-17(23)15-18)14-12-21(6-3)10-8-19/h17,23H,4-16,18H2,1-3H3. The van der Waals surface area contributed by atoms with E-state index in [9.17, 15) is 5.11 Å². The van der Waals surface area contributed by atoms with E-state index in [0.29, 0.717) is 13.1 Å². The lowest BCUT2D eigenvalue weighted by atomic mass is 10.3. The molecule has 0 amide bonds. The Morgan fingerprint density at radius 2 is 1.00 bits per heavy atom. The van der Waals surface area contributed by atoms with Crippen LogP contribution in [0.3, 0.4) is 0 Å². The van der Waals surface area contributed by atoms with Crippen molar-refractivity contribution in [1.82, 2.24) is 19.6 Å². The number of hydrogen-bond donors (Lipinski definition) is 2. The van der Waals surface area contributed by atoms with E-state index in [0.717, 1.165) is 72.0 Å². The second kappa shape index (κ2) is 12.2. The second-order valence-corrected chi connectivity index (χ2v) is 6.49. The Labute approximate surface area is 143 Å². The predicted octanol–water partition coefficient (Wildman–Crippen LogP) is -0.413. The molecule has 3 N–H and O–H groups in total. The third-order valence-corrected chi connectivity index (χ3v) is 5.01. The first kappa shape index (κ1) is 20.8. The van der Waals surface area contributed by atoms with Gasteiger partial charge in [0.25, 0.3) is 0 Å². The number of likely N-dealkylation sites (N-methyl/N-ethyl adjacent to an activating group) is 3. The average molecular weight is 330 g/mol. The zero-order valence-electron chi connectivity index (χ0n) is 15.6. The molecule has 0 spiro atoms. The minimum absolute atomic E-state index is 0.344. The largest absolute Gasteiger partial charge is 0.390 e. The Morgan fingerprint density at radius 1 is 0.696 bits per heavy atom. The van der Waals surface area contributed by atoms with E-state index in [1.165, 1.54) is 0 Å². The summed E-state index contributed by atoms with van der Waals surface area (Å²) in [7, 11) is 0. The molecule has 6 heteroatoms. The fraction of sp³-hybridized carbons (Fsp3) is 1.00. The van der Waals surface area contributed by atoms with Crippen LogP contribution in [-0.4, -0.2) is 116 Å². The predicted molar refractivity (Wildman–Crippen MR) is 97.8 cm³/mol. The lowest BCUT2D eigenvalue weighted by Crippen LogP contribution is -2.47. The number of aliphatic hydroxyl groups excluding tert-OH is 1. The molecule has 1 atom stereocenters. The molecule has 1 rings (SSSR count). The minimum Gasteiger partial charge on any atom is -0.390 e. The number of nitrogens with two attached hydrogens (primary N) is 1. The van der Waals surface area contributed by atoms with Crippen LogP contribution in [0.1, 0.15) is 20.8 Å². The van der Waals surface area contributed by atoms with Crippen molar-refractivity contribution in [3.8, 4) is 0 Å². The van der Waals surface area contributed by atoms with Crippen LogP contribution in [0.4, 0.5) is 0 Å². The molecule has 6 nitrogen and oxygen atoms in total. The molecule has 1 aliphatic rings. The Hall–Kier alpha value is -0.240. The Balaban J connectivity index is 2.66. The van der Waals surface area contributed by atoms with Gasteiger partial charge in [-0.3, -0.25) is 4.90 Å². The van der Waals surface area contributed by atoms with Gasteiger partial charge in [0.15, 0.2) is 0 Å². The first-order valence-corrected chi connectivity index (χ1v) is 9.40. The molecule has 1 fully saturated rings. The summed E-state index contributed by atoms with van der Waals surface area (Å²) in [6.45, 7) is 19.8. The molecule has 1 aliphatic heterocycles. The van der Waals surface area contributed by atoms with Crippen LogP contribution in [0.25, 0.3) is 0 Å². The summed E-state index contributed by atoms with van der Waals surface area (Å²) >= 11 is 0. The van der Waals surface area contributed by atoms with Crippen LogP contribution in [0, 0.1) is 0 Å². The van der Waals surface area contributed by atoms with Crippen LogP contribution in [0.15, 0.2) is 0 Å². The van der Waals surface area contributed by atoms with Gasteiger partial charge in [0.1, 0.15) is 0 Å². The molecule has 1 saturated heterocycles. The molecular formula is C17H39N5O. The molecule has 0 radical (unpaired) electrons. The first-order chi connectivity index (χ1) is 11.1. The second-order valence-electron chi connectivity index (χ2n) is 6.49. The number of aliphatic hydroxyl groups is 1. The van der Waals surface area contributed by atoms with Gasteiger partial charge in [0.05, 0.1) is 6.10 Å². The highest BCUT2D eigenvalue weighted by Gasteiger charge is 2.16. The maximum absolute atomic E-state index is 9.91. The minimum atomic E-state index is -0.413. The SMILES string of the molecule is CCN1CCN(CC)CCN(CC(O)CN)CCN(CC)CC1. The molecule has 0 aliphatic carbocycles. The van der Waals surface area contributed by atoms with Crippen LogP contribution < -0.4 is 5.73 Å². The summed E-state index contributed by atoms with van der Waals surface area (Å²) in [5.74, 6) is 0. The van der Waals surface area contributed by atoms with Gasteiger partial charge in [-0.2, -0.15) is 0 Å². The first-order valence-electron chi connectivity index (χ1n) is 9.40. The van der Waals surface area contributed by atoms with Gasteiger partial charge >= 0.3 is 0 Å². The van der Waals surface area contributed by atoms with Gasteiger partial charge in [0.2, 0.25) is 0 Å². The highest BCUT2D eigenvalue weighted by molar-refractivity contribution is 4.72. The molecule has 138 valence electrons. The van der Waals surface area contributed by atoms with Crippen molar-refractivity contribution < 1.29 is 5.11 Å². The normalized spacial score (nSPS) is 23.3. The van der Waals surface area contributed by atoms with Gasteiger partial charge in [-0.1, -0.05) is 20.8 Å². The highest BCUT2D eigenvalue weighted by Crippen LogP contribution is 2.01. The molecule has 0 aromatic carbocycles. The molecule has 1 unspecified atom stereocenters. The van der Waals surface area contributed by atoms with Crippen molar-refractivity contribution in [2.24, 2.45) is 5.73 Å². The lowest BCUT2D eigenvalue weighted by Gasteiger charge is -2.34. The van der Waals surface area contributed by atoms with E-state index >= 15 is 0 Å².